The molecule has 0 aliphatic carbocycles. The van der Waals surface area contributed by atoms with Crippen LogP contribution in [0.5, 0.6) is 0 Å². The number of rotatable bonds is 0. The molecule has 3 nitrogen and oxygen atoms in total. The second-order valence-electron chi connectivity index (χ2n) is 4.37. The summed E-state index contributed by atoms with van der Waals surface area (Å²) in [4.78, 5) is 2.50. The first-order valence-corrected chi connectivity index (χ1v) is 7.83. The fourth-order valence-corrected chi connectivity index (χ4v) is 5.66. The molecule has 2 aliphatic heterocycles. The van der Waals surface area contributed by atoms with Crippen molar-refractivity contribution in [3.8, 4) is 0 Å². The van der Waals surface area contributed by atoms with E-state index in [1.807, 2.05) is 11.8 Å². The van der Waals surface area contributed by atoms with Gasteiger partial charge in [0, 0.05) is 11.8 Å². The summed E-state index contributed by atoms with van der Waals surface area (Å²) < 4.78 is 22.7. The summed E-state index contributed by atoms with van der Waals surface area (Å²) in [5, 5.41) is 0. The Bertz CT molecular complexity index is 312. The van der Waals surface area contributed by atoms with E-state index in [9.17, 15) is 8.42 Å². The number of sulfone groups is 1. The van der Waals surface area contributed by atoms with E-state index in [0.717, 1.165) is 18.6 Å². The molecule has 2 fully saturated rings. The standard InChI is InChI=1S/C9H17NO2S2/c1-8-7-13-9(10(8)2)3-5-14(11,12)6-4-9/h8H,3-7H2,1-2H3/t8-/m1/s1. The van der Waals surface area contributed by atoms with Gasteiger partial charge in [0.15, 0.2) is 9.84 Å². The molecule has 0 radical (unpaired) electrons. The third-order valence-electron chi connectivity index (χ3n) is 3.50. The average Bonchev–Trinajstić information content (AvgIpc) is 2.40. The molecule has 0 saturated carbocycles. The number of hydrogen-bond donors (Lipinski definition) is 0. The Morgan fingerprint density at radius 3 is 2.36 bits per heavy atom. The van der Waals surface area contributed by atoms with Gasteiger partial charge in [0.1, 0.15) is 0 Å². The van der Waals surface area contributed by atoms with E-state index < -0.39 is 9.84 Å². The van der Waals surface area contributed by atoms with Crippen LogP contribution in [-0.4, -0.2) is 48.5 Å². The second-order valence-corrected chi connectivity index (χ2v) is 8.05. The molecule has 0 aromatic carbocycles. The molecule has 0 unspecified atom stereocenters. The monoisotopic (exact) mass is 235 g/mol. The number of hydrogen-bond acceptors (Lipinski definition) is 4. The van der Waals surface area contributed by atoms with Gasteiger partial charge >= 0.3 is 0 Å². The van der Waals surface area contributed by atoms with Crippen molar-refractivity contribution in [1.82, 2.24) is 4.90 Å². The Balaban J connectivity index is 2.14. The summed E-state index contributed by atoms with van der Waals surface area (Å²) in [7, 11) is -0.600. The van der Waals surface area contributed by atoms with Crippen LogP contribution in [0.15, 0.2) is 0 Å². The zero-order valence-electron chi connectivity index (χ0n) is 8.69. The van der Waals surface area contributed by atoms with Gasteiger partial charge < -0.3 is 0 Å². The molecule has 2 aliphatic rings. The van der Waals surface area contributed by atoms with E-state index in [-0.39, 0.29) is 4.87 Å². The van der Waals surface area contributed by atoms with Gasteiger partial charge in [0.05, 0.1) is 16.4 Å². The highest BCUT2D eigenvalue weighted by Gasteiger charge is 2.46. The van der Waals surface area contributed by atoms with Gasteiger partial charge in [0.25, 0.3) is 0 Å². The fraction of sp³-hybridized carbons (Fsp3) is 1.00. The highest BCUT2D eigenvalue weighted by Crippen LogP contribution is 2.45. The Kier molecular flexibility index (Phi) is 2.60. The molecule has 0 amide bonds. The van der Waals surface area contributed by atoms with Crippen LogP contribution in [0.4, 0.5) is 0 Å². The first-order chi connectivity index (χ1) is 6.45. The zero-order valence-corrected chi connectivity index (χ0v) is 10.3. The van der Waals surface area contributed by atoms with E-state index in [4.69, 9.17) is 0 Å². The minimum absolute atomic E-state index is 0.130. The summed E-state index contributed by atoms with van der Waals surface area (Å²) in [6.45, 7) is 2.21. The second kappa shape index (κ2) is 3.39. The van der Waals surface area contributed by atoms with Crippen LogP contribution in [0.3, 0.4) is 0 Å². The van der Waals surface area contributed by atoms with E-state index in [1.54, 1.807) is 0 Å². The summed E-state index contributed by atoms with van der Waals surface area (Å²) >= 11 is 1.94. The van der Waals surface area contributed by atoms with Crippen molar-refractivity contribution in [3.63, 3.8) is 0 Å². The Labute approximate surface area is 90.2 Å². The smallest absolute Gasteiger partial charge is 0.150 e. The predicted octanol–water partition coefficient (Wildman–Crippen LogP) is 0.958. The van der Waals surface area contributed by atoms with Crippen LogP contribution in [-0.2, 0) is 9.84 Å². The average molecular weight is 235 g/mol. The fourth-order valence-electron chi connectivity index (χ4n) is 2.25. The van der Waals surface area contributed by atoms with E-state index in [2.05, 4.69) is 18.9 Å². The van der Waals surface area contributed by atoms with Crippen LogP contribution in [0.2, 0.25) is 0 Å². The molecule has 0 bridgehead atoms. The highest BCUT2D eigenvalue weighted by atomic mass is 32.2. The Morgan fingerprint density at radius 1 is 1.36 bits per heavy atom. The Morgan fingerprint density at radius 2 is 1.93 bits per heavy atom. The maximum Gasteiger partial charge on any atom is 0.150 e. The molecule has 2 rings (SSSR count). The Hall–Kier alpha value is 0.260. The third kappa shape index (κ3) is 1.70. The van der Waals surface area contributed by atoms with Crippen molar-refractivity contribution in [2.24, 2.45) is 0 Å². The molecule has 82 valence electrons. The number of thioether (sulfide) groups is 1. The normalized spacial score (nSPS) is 36.3. The van der Waals surface area contributed by atoms with Crippen LogP contribution < -0.4 is 0 Å². The van der Waals surface area contributed by atoms with Crippen molar-refractivity contribution in [3.05, 3.63) is 0 Å². The largest absolute Gasteiger partial charge is 0.288 e. The molecule has 14 heavy (non-hydrogen) atoms. The van der Waals surface area contributed by atoms with E-state index in [1.165, 1.54) is 0 Å². The lowest BCUT2D eigenvalue weighted by atomic mass is 10.1. The van der Waals surface area contributed by atoms with E-state index in [0.29, 0.717) is 17.5 Å². The van der Waals surface area contributed by atoms with Crippen LogP contribution in [0, 0.1) is 0 Å². The molecule has 2 heterocycles. The highest BCUT2D eigenvalue weighted by molar-refractivity contribution is 8.01. The zero-order chi connectivity index (χ0) is 10.4. The van der Waals surface area contributed by atoms with Crippen LogP contribution in [0.1, 0.15) is 19.8 Å². The molecule has 0 aromatic rings. The van der Waals surface area contributed by atoms with E-state index >= 15 is 0 Å². The quantitative estimate of drug-likeness (QED) is 0.627. The van der Waals surface area contributed by atoms with Crippen LogP contribution >= 0.6 is 11.8 Å². The topological polar surface area (TPSA) is 37.4 Å². The van der Waals surface area contributed by atoms with Gasteiger partial charge in [-0.15, -0.1) is 11.8 Å². The minimum Gasteiger partial charge on any atom is -0.288 e. The van der Waals surface area contributed by atoms with Gasteiger partial charge in [-0.3, -0.25) is 4.90 Å². The lowest BCUT2D eigenvalue weighted by Gasteiger charge is -2.39. The van der Waals surface area contributed by atoms with Crippen molar-refractivity contribution in [2.45, 2.75) is 30.7 Å². The molecular formula is C9H17NO2S2. The van der Waals surface area contributed by atoms with Gasteiger partial charge in [0.2, 0.25) is 0 Å². The number of nitrogens with zero attached hydrogens (tertiary/aromatic N) is 1. The van der Waals surface area contributed by atoms with Gasteiger partial charge in [-0.1, -0.05) is 0 Å². The summed E-state index contributed by atoms with van der Waals surface area (Å²) in [5.41, 5.74) is 0. The molecule has 0 N–H and O–H groups in total. The molecular weight excluding hydrogens is 218 g/mol. The first kappa shape index (κ1) is 10.8. The maximum absolute atomic E-state index is 11.4. The summed E-state index contributed by atoms with van der Waals surface area (Å²) in [5.74, 6) is 1.88. The SMILES string of the molecule is C[C@@H]1CSC2(CCS(=O)(=O)CC2)N1C. The lowest BCUT2D eigenvalue weighted by Crippen LogP contribution is -2.47. The van der Waals surface area contributed by atoms with Crippen molar-refractivity contribution < 1.29 is 8.42 Å². The molecule has 5 heteroatoms. The molecule has 0 aromatic heterocycles. The van der Waals surface area contributed by atoms with Crippen LogP contribution in [0.25, 0.3) is 0 Å². The van der Waals surface area contributed by atoms with Crippen molar-refractivity contribution >= 4 is 21.6 Å². The molecule has 1 atom stereocenters. The summed E-state index contributed by atoms with van der Waals surface area (Å²) in [6.07, 6.45) is 1.61. The third-order valence-corrected chi connectivity index (χ3v) is 7.04. The predicted molar refractivity (Wildman–Crippen MR) is 60.3 cm³/mol. The summed E-state index contributed by atoms with van der Waals surface area (Å²) in [6, 6.07) is 0.584. The van der Waals surface area contributed by atoms with Gasteiger partial charge in [-0.2, -0.15) is 0 Å². The minimum atomic E-state index is -2.73. The first-order valence-electron chi connectivity index (χ1n) is 5.03. The molecule has 1 spiro atoms. The molecule has 2 saturated heterocycles. The van der Waals surface area contributed by atoms with Gasteiger partial charge in [-0.25, -0.2) is 8.42 Å². The van der Waals surface area contributed by atoms with Crippen molar-refractivity contribution in [2.75, 3.05) is 24.3 Å². The van der Waals surface area contributed by atoms with Gasteiger partial charge in [-0.05, 0) is 26.8 Å². The maximum atomic E-state index is 11.4. The lowest BCUT2D eigenvalue weighted by molar-refractivity contribution is 0.175. The van der Waals surface area contributed by atoms with Crippen molar-refractivity contribution in [1.29, 1.82) is 0 Å².